The lowest BCUT2D eigenvalue weighted by molar-refractivity contribution is -0.142. The van der Waals surface area contributed by atoms with E-state index in [1.807, 2.05) is 18.2 Å². The lowest BCUT2D eigenvalue weighted by Crippen LogP contribution is -2.61. The van der Waals surface area contributed by atoms with Crippen LogP contribution in [0.5, 0.6) is 0 Å². The summed E-state index contributed by atoms with van der Waals surface area (Å²) in [5.74, 6) is -7.01. The van der Waals surface area contributed by atoms with Gasteiger partial charge in [0.25, 0.3) is 0 Å². The molecule has 0 saturated heterocycles. The Morgan fingerprint density at radius 3 is 2.19 bits per heavy atom. The third-order valence-corrected chi connectivity index (χ3v) is 13.6. The lowest BCUT2D eigenvalue weighted by Gasteiger charge is -2.28. The molecule has 79 heavy (non-hydrogen) atoms. The third-order valence-electron chi connectivity index (χ3n) is 13.0. The number of rotatable bonds is 22. The van der Waals surface area contributed by atoms with Gasteiger partial charge >= 0.3 is 5.97 Å². The number of nitrogens with one attached hydrogen (secondary N) is 9. The Kier molecular flexibility index (Phi) is 22.7. The van der Waals surface area contributed by atoms with Gasteiger partial charge in [0, 0.05) is 67.4 Å². The zero-order chi connectivity index (χ0) is 56.8. The summed E-state index contributed by atoms with van der Waals surface area (Å²) in [7, 11) is 0. The number of aliphatic imine (C=N–C) groups is 1. The van der Waals surface area contributed by atoms with E-state index in [2.05, 4.69) is 67.5 Å². The van der Waals surface area contributed by atoms with Crippen molar-refractivity contribution in [3.63, 3.8) is 0 Å². The highest BCUT2D eigenvalue weighted by Gasteiger charge is 2.36. The van der Waals surface area contributed by atoms with E-state index in [-0.39, 0.29) is 63.1 Å². The topological polar surface area (TPSA) is 433 Å². The van der Waals surface area contributed by atoms with Gasteiger partial charge < -0.3 is 75.2 Å². The van der Waals surface area contributed by atoms with Crippen LogP contribution in [0.3, 0.4) is 0 Å². The molecule has 0 saturated carbocycles. The summed E-state index contributed by atoms with van der Waals surface area (Å²) in [5, 5.41) is 38.3. The summed E-state index contributed by atoms with van der Waals surface area (Å²) in [4.78, 5) is 128. The molecule has 3 aromatic heterocycles. The third kappa shape index (κ3) is 18.4. The van der Waals surface area contributed by atoms with Crippen molar-refractivity contribution >= 4 is 75.9 Å². The molecule has 0 fully saturated rings. The number of hydrogen-bond donors (Lipinski definition) is 14. The zero-order valence-corrected chi connectivity index (χ0v) is 44.5. The number of thioether (sulfide) groups is 1. The Morgan fingerprint density at radius 1 is 0.823 bits per heavy atom. The molecule has 4 heterocycles. The number of nitrogens with zero attached hydrogens (tertiary/aromatic N) is 5. The molecule has 8 atom stereocenters. The van der Waals surface area contributed by atoms with E-state index in [9.17, 15) is 43.5 Å². The van der Waals surface area contributed by atoms with Crippen LogP contribution in [0.2, 0.25) is 0 Å². The van der Waals surface area contributed by atoms with Crippen LogP contribution in [0.25, 0.3) is 10.9 Å². The van der Waals surface area contributed by atoms with Gasteiger partial charge in [0.05, 0.1) is 24.6 Å². The molecule has 2 bridgehead atoms. The van der Waals surface area contributed by atoms with Crippen LogP contribution in [-0.2, 0) is 70.6 Å². The van der Waals surface area contributed by atoms with E-state index in [1.165, 1.54) is 35.2 Å². The monoisotopic (exact) mass is 1110 g/mol. The molecule has 1 aliphatic heterocycles. The Morgan fingerprint density at radius 2 is 1.49 bits per heavy atom. The van der Waals surface area contributed by atoms with Gasteiger partial charge in [-0.05, 0) is 67.9 Å². The van der Waals surface area contributed by atoms with Crippen molar-refractivity contribution in [1.82, 2.24) is 67.2 Å². The molecule has 1 aliphatic rings. The minimum Gasteiger partial charge on any atom is -0.480 e. The number of unbranched alkanes of at least 4 members (excludes halogenated alkanes) is 1. The highest BCUT2D eigenvalue weighted by Crippen LogP contribution is 2.20. The quantitative estimate of drug-likeness (QED) is 0.0194. The number of aromatic nitrogens is 6. The van der Waals surface area contributed by atoms with E-state index < -0.39 is 109 Å². The second kappa shape index (κ2) is 30.0. The average Bonchev–Trinajstić information content (AvgIpc) is 4.23. The van der Waals surface area contributed by atoms with Gasteiger partial charge in [0.1, 0.15) is 42.3 Å². The largest absolute Gasteiger partial charge is 0.480 e. The van der Waals surface area contributed by atoms with Crippen molar-refractivity contribution in [2.75, 3.05) is 25.1 Å². The predicted octanol–water partition coefficient (Wildman–Crippen LogP) is -2.49. The number of carbonyl (C=O) groups excluding carboxylic acids is 7. The molecule has 18 N–H and O–H groups in total. The Labute approximate surface area is 459 Å². The van der Waals surface area contributed by atoms with E-state index >= 15 is 0 Å². The summed E-state index contributed by atoms with van der Waals surface area (Å²) in [6, 6.07) is 4.83. The summed E-state index contributed by atoms with van der Waals surface area (Å²) >= 11 is 1.37. The fourth-order valence-electron chi connectivity index (χ4n) is 8.75. The standard InChI is InChI=1S/C51H70N18O9S/c1-79-19-16-37(50(77)78)61-47(74)41-23-32-26-69(68-67-32)27-42(66-43(70)34(53)13-7-8-17-52)49(76)65-40(22-31-25-56-28-59-31)48(75)62-38(20-29-10-3-2-4-11-29)45(72)60-36(15-9-18-57-51(54)55)44(71)63-39(46(73)64-41)21-30-24-58-35-14-6-5-12-33(30)35/h2-6,10-12,14,24-26,28,34,36-42,58H,7-9,13,15-23,27,52-53H2,1H3,(H,56,59)(H,60,72)(H,61,74)(H,62,75)(H,63,71)(H,64,73)(H,65,76)(H,66,70)(H,77,78)(H4,54,55,57)/t34-,36-,37-,38+,39-,40-,41-,42-/m0/s1. The van der Waals surface area contributed by atoms with Crippen molar-refractivity contribution < 1.29 is 43.5 Å². The molecular formula is C51H70N18O9S. The fraction of sp³-hybridized carbons (Fsp3) is 0.451. The van der Waals surface area contributed by atoms with Crippen molar-refractivity contribution in [2.45, 2.75) is 119 Å². The van der Waals surface area contributed by atoms with Gasteiger partial charge in [-0.3, -0.25) is 38.6 Å². The molecular weight excluding hydrogens is 1040 g/mol. The van der Waals surface area contributed by atoms with Gasteiger partial charge in [0.2, 0.25) is 41.4 Å². The normalized spacial score (nSPS) is 20.5. The number of guanidine groups is 1. The van der Waals surface area contributed by atoms with E-state index in [1.54, 1.807) is 48.9 Å². The van der Waals surface area contributed by atoms with E-state index in [4.69, 9.17) is 22.9 Å². The van der Waals surface area contributed by atoms with Crippen molar-refractivity contribution in [3.8, 4) is 0 Å². The fourth-order valence-corrected chi connectivity index (χ4v) is 9.22. The number of hydrogen-bond acceptors (Lipinski definition) is 15. The number of aliphatic carboxylic acids is 1. The highest BCUT2D eigenvalue weighted by atomic mass is 32.2. The highest BCUT2D eigenvalue weighted by molar-refractivity contribution is 7.98. The van der Waals surface area contributed by atoms with Crippen LogP contribution in [0.15, 0.2) is 84.5 Å². The number of H-pyrrole nitrogens is 2. The second-order valence-corrected chi connectivity index (χ2v) is 20.0. The number of amides is 7. The van der Waals surface area contributed by atoms with Crippen LogP contribution in [-0.4, -0.2) is 162 Å². The van der Waals surface area contributed by atoms with Crippen LogP contribution in [0.1, 0.15) is 61.0 Å². The maximum Gasteiger partial charge on any atom is 0.326 e. The maximum absolute atomic E-state index is 14.9. The molecule has 0 spiro atoms. The minimum absolute atomic E-state index is 0.0382. The molecule has 27 nitrogen and oxygen atoms in total. The summed E-state index contributed by atoms with van der Waals surface area (Å²) in [6.45, 7) is 0.00543. The number of fused-ring (bicyclic) bond motifs is 3. The smallest absolute Gasteiger partial charge is 0.326 e. The first-order valence-electron chi connectivity index (χ1n) is 25.8. The first-order valence-corrected chi connectivity index (χ1v) is 27.2. The number of carboxylic acids is 1. The molecule has 0 aliphatic carbocycles. The molecule has 424 valence electrons. The maximum atomic E-state index is 14.9. The first kappa shape index (κ1) is 59.9. The predicted molar refractivity (Wildman–Crippen MR) is 293 cm³/mol. The van der Waals surface area contributed by atoms with Gasteiger partial charge in [-0.25, -0.2) is 14.5 Å². The van der Waals surface area contributed by atoms with E-state index in [0.29, 0.717) is 42.0 Å². The molecule has 6 rings (SSSR count). The van der Waals surface area contributed by atoms with Crippen LogP contribution >= 0.6 is 11.8 Å². The van der Waals surface area contributed by atoms with Crippen LogP contribution < -0.4 is 60.2 Å². The Hall–Kier alpha value is -8.37. The minimum atomic E-state index is -1.55. The molecule has 2 aromatic carbocycles. The second-order valence-electron chi connectivity index (χ2n) is 19.1. The van der Waals surface area contributed by atoms with Gasteiger partial charge in [-0.1, -0.05) is 60.2 Å². The van der Waals surface area contributed by atoms with Gasteiger partial charge in [-0.15, -0.1) is 5.10 Å². The molecule has 7 amide bonds. The Bertz CT molecular complexity index is 2880. The Balaban J connectivity index is 1.46. The zero-order valence-electron chi connectivity index (χ0n) is 43.7. The van der Waals surface area contributed by atoms with Crippen LogP contribution in [0, 0.1) is 0 Å². The number of benzene rings is 2. The van der Waals surface area contributed by atoms with Crippen molar-refractivity contribution in [1.29, 1.82) is 0 Å². The number of nitrogens with two attached hydrogens (primary N) is 4. The van der Waals surface area contributed by atoms with E-state index in [0.717, 1.165) is 10.9 Å². The number of imidazole rings is 1. The number of carbonyl (C=O) groups is 8. The first-order chi connectivity index (χ1) is 38.0. The lowest BCUT2D eigenvalue weighted by atomic mass is 10.0. The summed E-state index contributed by atoms with van der Waals surface area (Å²) in [5.41, 5.74) is 25.6. The van der Waals surface area contributed by atoms with Crippen molar-refractivity contribution in [2.24, 2.45) is 27.9 Å². The summed E-state index contributed by atoms with van der Waals surface area (Å²) < 4.78 is 1.20. The van der Waals surface area contributed by atoms with Gasteiger partial charge in [0.15, 0.2) is 5.96 Å². The number of carboxylic acid groups (broad SMARTS) is 1. The van der Waals surface area contributed by atoms with Crippen LogP contribution in [0.4, 0.5) is 0 Å². The SMILES string of the molecule is CSCC[C@H](NC(=O)[C@@H]1Cc2cn(nn2)C[C@H](NC(=O)[C@@H](N)CCCCN)C(=O)N[C@@H](Cc2cnc[nH]2)C(=O)N[C@H](Cc2ccccc2)C(=O)N[C@@H](CCCN=C(N)N)C(=O)N[C@@H](Cc2c[nH]c3ccccc23)C(=O)N1)C(=O)O. The molecule has 5 aromatic rings. The molecule has 0 unspecified atom stereocenters. The number of aromatic amines is 2. The molecule has 28 heteroatoms. The average molecular weight is 1110 g/mol. The number of para-hydroxylation sites is 1. The molecule has 0 radical (unpaired) electrons. The van der Waals surface area contributed by atoms with Gasteiger partial charge in [-0.2, -0.15) is 11.8 Å². The van der Waals surface area contributed by atoms with Crippen molar-refractivity contribution in [3.05, 3.63) is 102 Å². The summed E-state index contributed by atoms with van der Waals surface area (Å²) in [6.07, 6.45) is 8.24.